The molecular formula is C15H23N3O3. The maximum atomic E-state index is 12.3. The molecule has 0 radical (unpaired) electrons. The van der Waals surface area contributed by atoms with Gasteiger partial charge in [-0.15, -0.1) is 0 Å². The van der Waals surface area contributed by atoms with Gasteiger partial charge >= 0.3 is 0 Å². The molecule has 1 aliphatic rings. The summed E-state index contributed by atoms with van der Waals surface area (Å²) in [6, 6.07) is 5.16. The van der Waals surface area contributed by atoms with Crippen molar-refractivity contribution in [3.8, 4) is 0 Å². The predicted molar refractivity (Wildman–Crippen MR) is 82.4 cm³/mol. The van der Waals surface area contributed by atoms with Gasteiger partial charge in [0.25, 0.3) is 5.91 Å². The Bertz CT molecular complexity index is 511. The fraction of sp³-hybridized carbons (Fsp3) is 0.533. The molecule has 0 saturated carbocycles. The average Bonchev–Trinajstić information content (AvgIpc) is 2.47. The summed E-state index contributed by atoms with van der Waals surface area (Å²) in [7, 11) is 3.41. The van der Waals surface area contributed by atoms with Crippen molar-refractivity contribution in [3.63, 3.8) is 0 Å². The van der Waals surface area contributed by atoms with Crippen LogP contribution in [0.5, 0.6) is 0 Å². The smallest absolute Gasteiger partial charge is 0.255 e. The van der Waals surface area contributed by atoms with Crippen LogP contribution in [0, 0.1) is 0 Å². The molecule has 0 atom stereocenters. The van der Waals surface area contributed by atoms with Crippen molar-refractivity contribution in [2.45, 2.75) is 18.4 Å². The molecule has 6 heteroatoms. The third kappa shape index (κ3) is 3.46. The van der Waals surface area contributed by atoms with Crippen LogP contribution in [0.2, 0.25) is 0 Å². The summed E-state index contributed by atoms with van der Waals surface area (Å²) >= 11 is 0. The van der Waals surface area contributed by atoms with E-state index in [4.69, 9.17) is 10.5 Å². The molecule has 2 rings (SSSR count). The van der Waals surface area contributed by atoms with Gasteiger partial charge in [-0.1, -0.05) is 0 Å². The van der Waals surface area contributed by atoms with Crippen molar-refractivity contribution in [3.05, 3.63) is 23.8 Å². The number of aliphatic hydroxyl groups excluding tert-OH is 1. The number of anilines is 2. The standard InChI is InChI=1S/C15H23N3O3/c1-18(2)14(20)12-4-3-11(16)9-13(12)17-15(10-19)5-7-21-8-6-15/h3-4,9,17,19H,5-8,10,16H2,1-2H3. The minimum atomic E-state index is -0.465. The van der Waals surface area contributed by atoms with E-state index in [1.54, 1.807) is 32.3 Å². The lowest BCUT2D eigenvalue weighted by atomic mass is 9.90. The van der Waals surface area contributed by atoms with Crippen molar-refractivity contribution in [2.75, 3.05) is 45.0 Å². The zero-order chi connectivity index (χ0) is 15.5. The number of benzene rings is 1. The van der Waals surface area contributed by atoms with Crippen molar-refractivity contribution >= 4 is 17.3 Å². The first-order valence-corrected chi connectivity index (χ1v) is 7.05. The van der Waals surface area contributed by atoms with Gasteiger partial charge in [-0.2, -0.15) is 0 Å². The Hall–Kier alpha value is -1.79. The summed E-state index contributed by atoms with van der Waals surface area (Å²) in [6.07, 6.45) is 1.38. The fourth-order valence-corrected chi connectivity index (χ4v) is 2.46. The minimum Gasteiger partial charge on any atom is -0.399 e. The van der Waals surface area contributed by atoms with E-state index < -0.39 is 5.54 Å². The molecule has 1 heterocycles. The number of nitrogens with two attached hydrogens (primary N) is 1. The summed E-state index contributed by atoms with van der Waals surface area (Å²) in [4.78, 5) is 13.8. The van der Waals surface area contributed by atoms with Crippen molar-refractivity contribution < 1.29 is 14.6 Å². The first-order chi connectivity index (χ1) is 9.97. The first-order valence-electron chi connectivity index (χ1n) is 7.05. The molecular weight excluding hydrogens is 270 g/mol. The van der Waals surface area contributed by atoms with Crippen molar-refractivity contribution in [1.82, 2.24) is 4.90 Å². The molecule has 0 aliphatic carbocycles. The van der Waals surface area contributed by atoms with Gasteiger partial charge in [0, 0.05) is 38.7 Å². The molecule has 21 heavy (non-hydrogen) atoms. The number of rotatable bonds is 4. The number of nitrogens with one attached hydrogen (secondary N) is 1. The number of amides is 1. The van der Waals surface area contributed by atoms with Gasteiger partial charge in [-0.3, -0.25) is 4.79 Å². The zero-order valence-corrected chi connectivity index (χ0v) is 12.6. The average molecular weight is 293 g/mol. The van der Waals surface area contributed by atoms with Gasteiger partial charge in [-0.25, -0.2) is 0 Å². The SMILES string of the molecule is CN(C)C(=O)c1ccc(N)cc1NC1(CO)CCOCC1. The molecule has 1 fully saturated rings. The van der Waals surface area contributed by atoms with Crippen LogP contribution in [0.3, 0.4) is 0 Å². The largest absolute Gasteiger partial charge is 0.399 e. The van der Waals surface area contributed by atoms with Crippen LogP contribution >= 0.6 is 0 Å². The lowest BCUT2D eigenvalue weighted by Gasteiger charge is -2.38. The number of carbonyl (C=O) groups is 1. The van der Waals surface area contributed by atoms with Gasteiger partial charge in [0.05, 0.1) is 17.7 Å². The van der Waals surface area contributed by atoms with E-state index in [9.17, 15) is 9.90 Å². The molecule has 1 aliphatic heterocycles. The van der Waals surface area contributed by atoms with Gasteiger partial charge in [-0.05, 0) is 31.0 Å². The highest BCUT2D eigenvalue weighted by Crippen LogP contribution is 2.29. The van der Waals surface area contributed by atoms with E-state index >= 15 is 0 Å². The second-order valence-electron chi connectivity index (χ2n) is 5.68. The number of aliphatic hydroxyl groups is 1. The maximum absolute atomic E-state index is 12.3. The van der Waals surface area contributed by atoms with E-state index in [1.807, 2.05) is 0 Å². The highest BCUT2D eigenvalue weighted by atomic mass is 16.5. The van der Waals surface area contributed by atoms with E-state index in [1.165, 1.54) is 4.90 Å². The number of carbonyl (C=O) groups excluding carboxylic acids is 1. The lowest BCUT2D eigenvalue weighted by molar-refractivity contribution is 0.0379. The molecule has 116 valence electrons. The van der Waals surface area contributed by atoms with Gasteiger partial charge in [0.2, 0.25) is 0 Å². The Kier molecular flexibility index (Phi) is 4.69. The molecule has 0 bridgehead atoms. The van der Waals surface area contributed by atoms with Crippen LogP contribution in [-0.2, 0) is 4.74 Å². The predicted octanol–water partition coefficient (Wildman–Crippen LogP) is 0.924. The Morgan fingerprint density at radius 1 is 1.43 bits per heavy atom. The Morgan fingerprint density at radius 2 is 2.10 bits per heavy atom. The van der Waals surface area contributed by atoms with Gasteiger partial charge in [0.1, 0.15) is 0 Å². The van der Waals surface area contributed by atoms with E-state index in [2.05, 4.69) is 5.32 Å². The van der Waals surface area contributed by atoms with E-state index in [0.29, 0.717) is 43.0 Å². The number of nitrogens with zero attached hydrogens (tertiary/aromatic N) is 1. The maximum Gasteiger partial charge on any atom is 0.255 e. The van der Waals surface area contributed by atoms with Crippen LogP contribution in [-0.4, -0.2) is 55.4 Å². The molecule has 1 saturated heterocycles. The third-order valence-corrected chi connectivity index (χ3v) is 3.83. The van der Waals surface area contributed by atoms with Crippen molar-refractivity contribution in [1.29, 1.82) is 0 Å². The summed E-state index contributed by atoms with van der Waals surface area (Å²) in [6.45, 7) is 1.17. The van der Waals surface area contributed by atoms with Gasteiger partial charge < -0.3 is 25.8 Å². The molecule has 4 N–H and O–H groups in total. The molecule has 0 spiro atoms. The van der Waals surface area contributed by atoms with Crippen molar-refractivity contribution in [2.24, 2.45) is 0 Å². The third-order valence-electron chi connectivity index (χ3n) is 3.83. The number of nitrogen functional groups attached to an aromatic ring is 1. The van der Waals surface area contributed by atoms with Crippen LogP contribution in [0.4, 0.5) is 11.4 Å². The summed E-state index contributed by atoms with van der Waals surface area (Å²) in [5, 5.41) is 13.1. The molecule has 0 aromatic heterocycles. The van der Waals surface area contributed by atoms with E-state index in [-0.39, 0.29) is 12.5 Å². The summed E-state index contributed by atoms with van der Waals surface area (Å²) in [5.74, 6) is -0.0994. The molecule has 1 amide bonds. The van der Waals surface area contributed by atoms with E-state index in [0.717, 1.165) is 0 Å². The van der Waals surface area contributed by atoms with Crippen LogP contribution in [0.1, 0.15) is 23.2 Å². The Balaban J connectivity index is 2.33. The second-order valence-corrected chi connectivity index (χ2v) is 5.68. The molecule has 1 aromatic rings. The Morgan fingerprint density at radius 3 is 2.67 bits per heavy atom. The number of ether oxygens (including phenoxy) is 1. The second kappa shape index (κ2) is 6.32. The Labute approximate surface area is 124 Å². The monoisotopic (exact) mass is 293 g/mol. The highest BCUT2D eigenvalue weighted by Gasteiger charge is 2.33. The van der Waals surface area contributed by atoms with Crippen LogP contribution in [0.15, 0.2) is 18.2 Å². The summed E-state index contributed by atoms with van der Waals surface area (Å²) < 4.78 is 5.35. The first kappa shape index (κ1) is 15.6. The topological polar surface area (TPSA) is 87.8 Å². The summed E-state index contributed by atoms with van der Waals surface area (Å²) in [5.41, 5.74) is 7.16. The number of hydrogen-bond acceptors (Lipinski definition) is 5. The minimum absolute atomic E-state index is 0.0131. The number of hydrogen-bond donors (Lipinski definition) is 3. The molecule has 1 aromatic carbocycles. The van der Waals surface area contributed by atoms with Gasteiger partial charge in [0.15, 0.2) is 0 Å². The lowest BCUT2D eigenvalue weighted by Crippen LogP contribution is -2.47. The van der Waals surface area contributed by atoms with Crippen LogP contribution < -0.4 is 11.1 Å². The molecule has 0 unspecified atom stereocenters. The highest BCUT2D eigenvalue weighted by molar-refractivity contribution is 6.00. The normalized spacial score (nSPS) is 17.3. The van der Waals surface area contributed by atoms with Crippen LogP contribution in [0.25, 0.3) is 0 Å². The zero-order valence-electron chi connectivity index (χ0n) is 12.6. The quantitative estimate of drug-likeness (QED) is 0.719. The fourth-order valence-electron chi connectivity index (χ4n) is 2.46. The molecule has 6 nitrogen and oxygen atoms in total.